The third kappa shape index (κ3) is 2.76. The SMILES string of the molecule is CCc1cccc(C(=O)O)c1Oc1ccccc1C. The van der Waals surface area contributed by atoms with Gasteiger partial charge in [-0.25, -0.2) is 4.79 Å². The zero-order valence-corrected chi connectivity index (χ0v) is 11.0. The number of rotatable bonds is 4. The summed E-state index contributed by atoms with van der Waals surface area (Å²) in [5.74, 6) is 0.150. The Bertz CT molecular complexity index is 603. The van der Waals surface area contributed by atoms with Crippen molar-refractivity contribution < 1.29 is 14.6 Å². The molecule has 2 aromatic rings. The lowest BCUT2D eigenvalue weighted by molar-refractivity contribution is 0.0694. The molecule has 0 amide bonds. The highest BCUT2D eigenvalue weighted by Crippen LogP contribution is 2.31. The number of carbonyl (C=O) groups is 1. The first-order chi connectivity index (χ1) is 9.13. The second kappa shape index (κ2) is 5.57. The fourth-order valence-corrected chi connectivity index (χ4v) is 1.93. The molecule has 19 heavy (non-hydrogen) atoms. The van der Waals surface area contributed by atoms with Crippen LogP contribution in [0.2, 0.25) is 0 Å². The van der Waals surface area contributed by atoms with E-state index in [9.17, 15) is 9.90 Å². The Morgan fingerprint density at radius 1 is 1.16 bits per heavy atom. The molecule has 0 aliphatic rings. The van der Waals surface area contributed by atoms with Crippen LogP contribution < -0.4 is 4.74 Å². The lowest BCUT2D eigenvalue weighted by Crippen LogP contribution is -2.03. The van der Waals surface area contributed by atoms with Crippen molar-refractivity contribution in [1.29, 1.82) is 0 Å². The Kier molecular flexibility index (Phi) is 3.85. The van der Waals surface area contributed by atoms with Gasteiger partial charge in [-0.05, 0) is 36.6 Å². The summed E-state index contributed by atoms with van der Waals surface area (Å²) in [7, 11) is 0. The Morgan fingerprint density at radius 2 is 1.89 bits per heavy atom. The summed E-state index contributed by atoms with van der Waals surface area (Å²) in [6.07, 6.45) is 0.725. The molecule has 0 aromatic heterocycles. The van der Waals surface area contributed by atoms with Gasteiger partial charge in [0.05, 0.1) is 0 Å². The molecule has 0 saturated carbocycles. The number of aryl methyl sites for hydroxylation is 2. The van der Waals surface area contributed by atoms with Crippen molar-refractivity contribution in [3.05, 3.63) is 59.2 Å². The smallest absolute Gasteiger partial charge is 0.339 e. The van der Waals surface area contributed by atoms with Crippen LogP contribution in [0.15, 0.2) is 42.5 Å². The van der Waals surface area contributed by atoms with Gasteiger partial charge in [0.1, 0.15) is 17.1 Å². The number of carboxylic acid groups (broad SMARTS) is 1. The van der Waals surface area contributed by atoms with Gasteiger partial charge in [0, 0.05) is 0 Å². The molecule has 1 N–H and O–H groups in total. The first kappa shape index (κ1) is 13.1. The molecule has 0 bridgehead atoms. The highest BCUT2D eigenvalue weighted by Gasteiger charge is 2.15. The maximum absolute atomic E-state index is 11.3. The van der Waals surface area contributed by atoms with E-state index < -0.39 is 5.97 Å². The molecule has 0 aliphatic carbocycles. The molecule has 98 valence electrons. The predicted octanol–water partition coefficient (Wildman–Crippen LogP) is 4.05. The van der Waals surface area contributed by atoms with Crippen molar-refractivity contribution in [3.63, 3.8) is 0 Å². The molecule has 0 fully saturated rings. The van der Waals surface area contributed by atoms with Crippen LogP contribution in [0.4, 0.5) is 0 Å². The van der Waals surface area contributed by atoms with Crippen LogP contribution >= 0.6 is 0 Å². The molecule has 0 saturated heterocycles. The van der Waals surface area contributed by atoms with Gasteiger partial charge < -0.3 is 9.84 Å². The van der Waals surface area contributed by atoms with Crippen LogP contribution in [0, 0.1) is 6.92 Å². The quantitative estimate of drug-likeness (QED) is 0.897. The number of hydrogen-bond donors (Lipinski definition) is 1. The van der Waals surface area contributed by atoms with Crippen LogP contribution in [-0.4, -0.2) is 11.1 Å². The van der Waals surface area contributed by atoms with Crippen molar-refractivity contribution in [2.24, 2.45) is 0 Å². The van der Waals surface area contributed by atoms with E-state index >= 15 is 0 Å². The lowest BCUT2D eigenvalue weighted by Gasteiger charge is -2.14. The summed E-state index contributed by atoms with van der Waals surface area (Å²) < 4.78 is 5.84. The summed E-state index contributed by atoms with van der Waals surface area (Å²) in [6, 6.07) is 12.8. The van der Waals surface area contributed by atoms with E-state index in [-0.39, 0.29) is 5.56 Å². The van der Waals surface area contributed by atoms with Crippen LogP contribution in [0.5, 0.6) is 11.5 Å². The van der Waals surface area contributed by atoms with E-state index in [1.54, 1.807) is 12.1 Å². The molecule has 2 rings (SSSR count). The number of hydrogen-bond acceptors (Lipinski definition) is 2. The Hall–Kier alpha value is -2.29. The van der Waals surface area contributed by atoms with Crippen molar-refractivity contribution in [1.82, 2.24) is 0 Å². The average Bonchev–Trinajstić information content (AvgIpc) is 2.41. The largest absolute Gasteiger partial charge is 0.478 e. The van der Waals surface area contributed by atoms with Crippen LogP contribution in [0.1, 0.15) is 28.4 Å². The van der Waals surface area contributed by atoms with Gasteiger partial charge in [0.15, 0.2) is 0 Å². The number of carboxylic acids is 1. The molecule has 0 atom stereocenters. The van der Waals surface area contributed by atoms with Gasteiger partial charge in [-0.2, -0.15) is 0 Å². The molecule has 0 spiro atoms. The Morgan fingerprint density at radius 3 is 2.53 bits per heavy atom. The van der Waals surface area contributed by atoms with Gasteiger partial charge >= 0.3 is 5.97 Å². The summed E-state index contributed by atoms with van der Waals surface area (Å²) >= 11 is 0. The Balaban J connectivity index is 2.49. The average molecular weight is 256 g/mol. The Labute approximate surface area is 112 Å². The number of aromatic carboxylic acids is 1. The fraction of sp³-hybridized carbons (Fsp3) is 0.188. The molecule has 0 aliphatic heterocycles. The fourth-order valence-electron chi connectivity index (χ4n) is 1.93. The van der Waals surface area contributed by atoms with Crippen LogP contribution in [-0.2, 0) is 6.42 Å². The molecular formula is C16H16O3. The van der Waals surface area contributed by atoms with Gasteiger partial charge in [-0.3, -0.25) is 0 Å². The van der Waals surface area contributed by atoms with E-state index in [1.807, 2.05) is 44.2 Å². The maximum atomic E-state index is 11.3. The maximum Gasteiger partial charge on any atom is 0.339 e. The zero-order valence-electron chi connectivity index (χ0n) is 11.0. The highest BCUT2D eigenvalue weighted by molar-refractivity contribution is 5.91. The predicted molar refractivity (Wildman–Crippen MR) is 74.0 cm³/mol. The molecule has 3 heteroatoms. The third-order valence-electron chi connectivity index (χ3n) is 3.01. The second-order valence-electron chi connectivity index (χ2n) is 4.32. The van der Waals surface area contributed by atoms with Crippen LogP contribution in [0.25, 0.3) is 0 Å². The van der Waals surface area contributed by atoms with E-state index in [2.05, 4.69) is 0 Å². The van der Waals surface area contributed by atoms with Crippen LogP contribution in [0.3, 0.4) is 0 Å². The van der Waals surface area contributed by atoms with Gasteiger partial charge in [-0.15, -0.1) is 0 Å². The minimum atomic E-state index is -0.973. The molecule has 0 unspecified atom stereocenters. The van der Waals surface area contributed by atoms with E-state index in [4.69, 9.17) is 4.74 Å². The van der Waals surface area contributed by atoms with Crippen molar-refractivity contribution >= 4 is 5.97 Å². The first-order valence-corrected chi connectivity index (χ1v) is 6.22. The first-order valence-electron chi connectivity index (χ1n) is 6.22. The normalized spacial score (nSPS) is 10.2. The van der Waals surface area contributed by atoms with Crippen molar-refractivity contribution in [2.75, 3.05) is 0 Å². The summed E-state index contributed by atoms with van der Waals surface area (Å²) in [6.45, 7) is 3.91. The molecule has 3 nitrogen and oxygen atoms in total. The van der Waals surface area contributed by atoms with Gasteiger partial charge in [0.2, 0.25) is 0 Å². The molecular weight excluding hydrogens is 240 g/mol. The van der Waals surface area contributed by atoms with E-state index in [1.165, 1.54) is 0 Å². The van der Waals surface area contributed by atoms with Gasteiger partial charge in [0.25, 0.3) is 0 Å². The molecule has 0 heterocycles. The molecule has 0 radical (unpaired) electrons. The lowest BCUT2D eigenvalue weighted by atomic mass is 10.1. The minimum absolute atomic E-state index is 0.197. The van der Waals surface area contributed by atoms with E-state index in [0.29, 0.717) is 11.5 Å². The number of ether oxygens (including phenoxy) is 1. The van der Waals surface area contributed by atoms with Crippen molar-refractivity contribution in [3.8, 4) is 11.5 Å². The number of para-hydroxylation sites is 2. The summed E-state index contributed by atoms with van der Waals surface area (Å²) in [5.41, 5.74) is 2.07. The molecule has 2 aromatic carbocycles. The zero-order chi connectivity index (χ0) is 13.8. The second-order valence-corrected chi connectivity index (χ2v) is 4.32. The standard InChI is InChI=1S/C16H16O3/c1-3-12-8-6-9-13(16(17)18)15(12)19-14-10-5-4-7-11(14)2/h4-10H,3H2,1-2H3,(H,17,18). The van der Waals surface area contributed by atoms with Gasteiger partial charge in [-0.1, -0.05) is 37.3 Å². The van der Waals surface area contributed by atoms with E-state index in [0.717, 1.165) is 17.5 Å². The minimum Gasteiger partial charge on any atom is -0.478 e. The third-order valence-corrected chi connectivity index (χ3v) is 3.01. The highest BCUT2D eigenvalue weighted by atomic mass is 16.5. The number of benzene rings is 2. The monoisotopic (exact) mass is 256 g/mol. The summed E-state index contributed by atoms with van der Waals surface area (Å²) in [4.78, 5) is 11.3. The summed E-state index contributed by atoms with van der Waals surface area (Å²) in [5, 5.41) is 9.25. The van der Waals surface area contributed by atoms with Crippen molar-refractivity contribution in [2.45, 2.75) is 20.3 Å². The topological polar surface area (TPSA) is 46.5 Å².